The maximum Gasteiger partial charge on any atom is 0.257 e. The average Bonchev–Trinajstić information content (AvgIpc) is 2.38. The lowest BCUT2D eigenvalue weighted by Crippen LogP contribution is -2.22. The van der Waals surface area contributed by atoms with Crippen LogP contribution in [0, 0.1) is 0 Å². The fourth-order valence-corrected chi connectivity index (χ4v) is 2.92. The van der Waals surface area contributed by atoms with Crippen molar-refractivity contribution in [2.75, 3.05) is 0 Å². The van der Waals surface area contributed by atoms with Gasteiger partial charge in [0, 0.05) is 15.4 Å². The van der Waals surface area contributed by atoms with E-state index in [1.54, 1.807) is 25.1 Å². The van der Waals surface area contributed by atoms with Crippen molar-refractivity contribution in [3.63, 3.8) is 0 Å². The fourth-order valence-electron chi connectivity index (χ4n) is 1.78. The number of aromatic amines is 1. The van der Waals surface area contributed by atoms with Gasteiger partial charge >= 0.3 is 0 Å². The maximum absolute atomic E-state index is 12.2. The number of pyridine rings is 1. The molecule has 0 aliphatic carbocycles. The summed E-state index contributed by atoms with van der Waals surface area (Å²) >= 11 is 9.41. The molecule has 4 nitrogen and oxygen atoms in total. The van der Waals surface area contributed by atoms with Crippen molar-refractivity contribution in [3.05, 3.63) is 43.6 Å². The molecule has 2 rings (SSSR count). The minimum absolute atomic E-state index is 0.270. The molecule has 1 atom stereocenters. The minimum Gasteiger partial charge on any atom is -0.321 e. The quantitative estimate of drug-likeness (QED) is 0.763. The van der Waals surface area contributed by atoms with E-state index in [0.29, 0.717) is 26.3 Å². The molecule has 1 N–H and O–H groups in total. The van der Waals surface area contributed by atoms with Crippen molar-refractivity contribution in [1.82, 2.24) is 4.98 Å². The Balaban J connectivity index is 2.59. The van der Waals surface area contributed by atoms with Gasteiger partial charge in [-0.05, 0) is 61.8 Å². The molecule has 118 valence electrons. The summed E-state index contributed by atoms with van der Waals surface area (Å²) in [5.41, 5.74) is 1.24. The second-order valence-corrected chi connectivity index (χ2v) is 9.07. The van der Waals surface area contributed by atoms with Crippen LogP contribution in [0.1, 0.15) is 33.3 Å². The Morgan fingerprint density at radius 3 is 2.55 bits per heavy atom. The van der Waals surface area contributed by atoms with E-state index in [0.717, 1.165) is 5.39 Å². The van der Waals surface area contributed by atoms with Gasteiger partial charge in [0.1, 0.15) is 11.0 Å². The summed E-state index contributed by atoms with van der Waals surface area (Å²) in [6.45, 7) is 7.19. The van der Waals surface area contributed by atoms with E-state index in [-0.39, 0.29) is 5.56 Å². The smallest absolute Gasteiger partial charge is 0.257 e. The van der Waals surface area contributed by atoms with Crippen molar-refractivity contribution < 1.29 is 4.21 Å². The lowest BCUT2D eigenvalue weighted by Gasteiger charge is -2.14. The molecule has 7 heteroatoms. The molecule has 0 bridgehead atoms. The molecule has 0 spiro atoms. The first-order valence-electron chi connectivity index (χ1n) is 6.59. The second-order valence-electron chi connectivity index (χ2n) is 5.90. The Morgan fingerprint density at radius 2 is 1.95 bits per heavy atom. The molecular weight excluding hydrogens is 388 g/mol. The van der Waals surface area contributed by atoms with Crippen LogP contribution in [0.2, 0.25) is 5.02 Å². The molecule has 0 saturated carbocycles. The lowest BCUT2D eigenvalue weighted by molar-refractivity contribution is 0.650. The first-order valence-corrected chi connectivity index (χ1v) is 8.87. The number of aromatic nitrogens is 1. The third-order valence-electron chi connectivity index (χ3n) is 3.02. The maximum atomic E-state index is 12.2. The molecule has 1 aromatic carbocycles. The molecule has 0 amide bonds. The van der Waals surface area contributed by atoms with Gasteiger partial charge in [0.2, 0.25) is 0 Å². The van der Waals surface area contributed by atoms with Crippen LogP contribution in [-0.2, 0) is 11.0 Å². The van der Waals surface area contributed by atoms with E-state index >= 15 is 0 Å². The predicted molar refractivity (Wildman–Crippen MR) is 97.4 cm³/mol. The molecule has 0 fully saturated rings. The van der Waals surface area contributed by atoms with Crippen LogP contribution in [0.25, 0.3) is 10.9 Å². The van der Waals surface area contributed by atoms with E-state index in [4.69, 9.17) is 11.6 Å². The Labute approximate surface area is 144 Å². The number of benzene rings is 1. The summed E-state index contributed by atoms with van der Waals surface area (Å²) in [5.74, 6) is 0. The minimum atomic E-state index is -1.42. The lowest BCUT2D eigenvalue weighted by atomic mass is 10.1. The molecule has 0 unspecified atom stereocenters. The molecule has 0 saturated heterocycles. The van der Waals surface area contributed by atoms with E-state index in [2.05, 4.69) is 25.3 Å². The zero-order valence-corrected chi connectivity index (χ0v) is 15.8. The zero-order valence-electron chi connectivity index (χ0n) is 12.7. The summed E-state index contributed by atoms with van der Waals surface area (Å²) in [6.07, 6.45) is 0. The van der Waals surface area contributed by atoms with Crippen LogP contribution in [0.5, 0.6) is 0 Å². The molecule has 22 heavy (non-hydrogen) atoms. The van der Waals surface area contributed by atoms with E-state index in [9.17, 15) is 9.00 Å². The monoisotopic (exact) mass is 402 g/mol. The van der Waals surface area contributed by atoms with E-state index < -0.39 is 15.7 Å². The van der Waals surface area contributed by atoms with E-state index in [1.165, 1.54) is 0 Å². The Kier molecular flexibility index (Phi) is 4.94. The van der Waals surface area contributed by atoms with Crippen LogP contribution < -0.4 is 5.56 Å². The fraction of sp³-hybridized carbons (Fsp3) is 0.333. The molecule has 0 aliphatic heterocycles. The Morgan fingerprint density at radius 1 is 1.32 bits per heavy atom. The third kappa shape index (κ3) is 3.67. The predicted octanol–water partition coefficient (Wildman–Crippen LogP) is 4.22. The van der Waals surface area contributed by atoms with Gasteiger partial charge in [0.25, 0.3) is 5.56 Å². The van der Waals surface area contributed by atoms with Crippen LogP contribution in [0.15, 0.2) is 31.9 Å². The molecule has 1 heterocycles. The SMILES string of the molecule is C/C(=N\[S@@](=O)C(C)(C)C)c1cc2cc(Cl)c(Br)cc2[nH]c1=O. The number of rotatable bonds is 2. The highest BCUT2D eigenvalue weighted by Crippen LogP contribution is 2.27. The van der Waals surface area contributed by atoms with Gasteiger partial charge in [0.15, 0.2) is 0 Å². The van der Waals surface area contributed by atoms with Gasteiger partial charge in [-0.2, -0.15) is 4.40 Å². The van der Waals surface area contributed by atoms with Crippen molar-refractivity contribution in [2.45, 2.75) is 32.4 Å². The Bertz CT molecular complexity index is 853. The summed E-state index contributed by atoms with van der Waals surface area (Å²) in [6, 6.07) is 5.22. The van der Waals surface area contributed by atoms with Crippen LogP contribution in [-0.4, -0.2) is 19.7 Å². The highest BCUT2D eigenvalue weighted by Gasteiger charge is 2.20. The summed E-state index contributed by atoms with van der Waals surface area (Å²) in [4.78, 5) is 15.0. The summed E-state index contributed by atoms with van der Waals surface area (Å²) in [7, 11) is -1.42. The summed E-state index contributed by atoms with van der Waals surface area (Å²) in [5, 5.41) is 1.34. The van der Waals surface area contributed by atoms with Gasteiger partial charge in [-0.1, -0.05) is 11.6 Å². The van der Waals surface area contributed by atoms with Crippen LogP contribution in [0.4, 0.5) is 0 Å². The number of H-pyrrole nitrogens is 1. The largest absolute Gasteiger partial charge is 0.321 e. The topological polar surface area (TPSA) is 62.3 Å². The zero-order chi connectivity index (χ0) is 16.7. The number of hydrogen-bond acceptors (Lipinski definition) is 2. The molecule has 1 aromatic heterocycles. The van der Waals surface area contributed by atoms with Crippen LogP contribution in [0.3, 0.4) is 0 Å². The second kappa shape index (κ2) is 6.26. The average molecular weight is 404 g/mol. The molecule has 0 aliphatic rings. The normalized spacial score (nSPS) is 14.4. The van der Waals surface area contributed by atoms with Gasteiger partial charge in [-0.3, -0.25) is 4.79 Å². The van der Waals surface area contributed by atoms with Gasteiger partial charge in [0.05, 0.1) is 21.0 Å². The molecule has 0 radical (unpaired) electrons. The highest BCUT2D eigenvalue weighted by atomic mass is 79.9. The third-order valence-corrected chi connectivity index (χ3v) is 5.70. The van der Waals surface area contributed by atoms with Gasteiger partial charge in [-0.15, -0.1) is 0 Å². The highest BCUT2D eigenvalue weighted by molar-refractivity contribution is 9.10. The van der Waals surface area contributed by atoms with Crippen molar-refractivity contribution in [1.29, 1.82) is 0 Å². The standard InChI is InChI=1S/C15H16BrClN2O2S/c1-8(19-22(21)15(2,3)4)10-5-9-6-12(17)11(16)7-13(9)18-14(10)20/h5-7H,1-4H3,(H,18,20)/b19-8+/t22-/m0/s1. The van der Waals surface area contributed by atoms with Crippen LogP contribution >= 0.6 is 27.5 Å². The summed E-state index contributed by atoms with van der Waals surface area (Å²) < 4.78 is 16.5. The van der Waals surface area contributed by atoms with Crippen molar-refractivity contribution >= 4 is 55.1 Å². The van der Waals surface area contributed by atoms with Crippen molar-refractivity contribution in [3.8, 4) is 0 Å². The number of halogens is 2. The number of nitrogens with one attached hydrogen (secondary N) is 1. The molecular formula is C15H16BrClN2O2S. The Hall–Kier alpha value is -0.980. The first-order chi connectivity index (χ1) is 10.1. The van der Waals surface area contributed by atoms with Gasteiger partial charge in [-0.25, -0.2) is 4.21 Å². The first kappa shape index (κ1) is 17.4. The number of fused-ring (bicyclic) bond motifs is 1. The number of hydrogen-bond donors (Lipinski definition) is 1. The van der Waals surface area contributed by atoms with Gasteiger partial charge < -0.3 is 4.98 Å². The molecule has 2 aromatic rings. The van der Waals surface area contributed by atoms with E-state index in [1.807, 2.05) is 20.8 Å². The van der Waals surface area contributed by atoms with Crippen molar-refractivity contribution in [2.24, 2.45) is 4.40 Å². The number of nitrogens with zero attached hydrogens (tertiary/aromatic N) is 1.